The molecule has 1 aromatic carbocycles. The Hall–Kier alpha value is -0.930. The van der Waals surface area contributed by atoms with Crippen molar-refractivity contribution in [2.75, 3.05) is 26.7 Å². The average molecular weight is 236 g/mol. The van der Waals surface area contributed by atoms with Gasteiger partial charge in [0, 0.05) is 12.6 Å². The van der Waals surface area contributed by atoms with E-state index in [2.05, 4.69) is 10.2 Å². The summed E-state index contributed by atoms with van der Waals surface area (Å²) in [5.41, 5.74) is 1.22. The zero-order chi connectivity index (χ0) is 12.1. The summed E-state index contributed by atoms with van der Waals surface area (Å²) in [4.78, 5) is 2.50. The molecule has 0 saturated carbocycles. The van der Waals surface area contributed by atoms with Crippen LogP contribution in [0.1, 0.15) is 18.4 Å². The maximum absolute atomic E-state index is 12.7. The second-order valence-corrected chi connectivity index (χ2v) is 4.78. The molecule has 1 saturated heterocycles. The second-order valence-electron chi connectivity index (χ2n) is 4.78. The van der Waals surface area contributed by atoms with Crippen molar-refractivity contribution in [3.63, 3.8) is 0 Å². The van der Waals surface area contributed by atoms with Crippen LogP contribution in [0.2, 0.25) is 0 Å². The summed E-state index contributed by atoms with van der Waals surface area (Å²) in [6.07, 6.45) is 3.49. The van der Waals surface area contributed by atoms with Gasteiger partial charge in [-0.3, -0.25) is 0 Å². The Kier molecular flexibility index (Phi) is 4.51. The molecule has 0 aliphatic carbocycles. The van der Waals surface area contributed by atoms with Crippen molar-refractivity contribution in [3.8, 4) is 0 Å². The summed E-state index contributed by atoms with van der Waals surface area (Å²) in [5, 5.41) is 3.34. The SMILES string of the molecule is CNC1CCN(CCc2ccc(F)cc2)CC1. The third-order valence-electron chi connectivity index (χ3n) is 3.63. The van der Waals surface area contributed by atoms with Crippen LogP contribution in [0.4, 0.5) is 4.39 Å². The van der Waals surface area contributed by atoms with Gasteiger partial charge in [-0.25, -0.2) is 4.39 Å². The minimum Gasteiger partial charge on any atom is -0.317 e. The van der Waals surface area contributed by atoms with Crippen LogP contribution in [0.5, 0.6) is 0 Å². The van der Waals surface area contributed by atoms with E-state index >= 15 is 0 Å². The van der Waals surface area contributed by atoms with Gasteiger partial charge in [-0.05, 0) is 57.1 Å². The van der Waals surface area contributed by atoms with Crippen molar-refractivity contribution in [3.05, 3.63) is 35.6 Å². The van der Waals surface area contributed by atoms with E-state index in [1.165, 1.54) is 31.5 Å². The van der Waals surface area contributed by atoms with E-state index < -0.39 is 0 Å². The minimum absolute atomic E-state index is 0.149. The number of benzene rings is 1. The highest BCUT2D eigenvalue weighted by molar-refractivity contribution is 5.16. The Bertz CT molecular complexity index is 329. The van der Waals surface area contributed by atoms with E-state index in [-0.39, 0.29) is 5.82 Å². The molecule has 1 fully saturated rings. The van der Waals surface area contributed by atoms with Gasteiger partial charge in [-0.15, -0.1) is 0 Å². The van der Waals surface area contributed by atoms with Crippen LogP contribution < -0.4 is 5.32 Å². The highest BCUT2D eigenvalue weighted by Gasteiger charge is 2.16. The lowest BCUT2D eigenvalue weighted by molar-refractivity contribution is 0.204. The van der Waals surface area contributed by atoms with Gasteiger partial charge in [0.15, 0.2) is 0 Å². The van der Waals surface area contributed by atoms with E-state index in [4.69, 9.17) is 0 Å². The Morgan fingerprint density at radius 2 is 1.88 bits per heavy atom. The lowest BCUT2D eigenvalue weighted by atomic mass is 10.0. The summed E-state index contributed by atoms with van der Waals surface area (Å²) < 4.78 is 12.7. The van der Waals surface area contributed by atoms with Crippen LogP contribution in [0, 0.1) is 5.82 Å². The van der Waals surface area contributed by atoms with E-state index in [9.17, 15) is 4.39 Å². The Morgan fingerprint density at radius 1 is 1.24 bits per heavy atom. The molecule has 0 radical (unpaired) electrons. The fourth-order valence-corrected chi connectivity index (χ4v) is 2.38. The normalized spacial score (nSPS) is 18.5. The predicted octanol–water partition coefficient (Wildman–Crippen LogP) is 2.05. The van der Waals surface area contributed by atoms with Crippen molar-refractivity contribution in [1.82, 2.24) is 10.2 Å². The summed E-state index contributed by atoms with van der Waals surface area (Å²) in [6, 6.07) is 7.55. The molecule has 17 heavy (non-hydrogen) atoms. The molecule has 2 rings (SSSR count). The predicted molar refractivity (Wildman–Crippen MR) is 68.6 cm³/mol. The molecule has 3 heteroatoms. The molecule has 0 atom stereocenters. The van der Waals surface area contributed by atoms with Gasteiger partial charge in [0.1, 0.15) is 5.82 Å². The van der Waals surface area contributed by atoms with Crippen molar-refractivity contribution in [2.45, 2.75) is 25.3 Å². The van der Waals surface area contributed by atoms with Gasteiger partial charge in [-0.2, -0.15) is 0 Å². The molecule has 1 N–H and O–H groups in total. The first-order valence-electron chi connectivity index (χ1n) is 6.42. The maximum Gasteiger partial charge on any atom is 0.123 e. The Morgan fingerprint density at radius 3 is 2.47 bits per heavy atom. The van der Waals surface area contributed by atoms with Crippen molar-refractivity contribution < 1.29 is 4.39 Å². The zero-order valence-electron chi connectivity index (χ0n) is 10.5. The van der Waals surface area contributed by atoms with Crippen molar-refractivity contribution >= 4 is 0 Å². The molecular weight excluding hydrogens is 215 g/mol. The molecular formula is C14H21FN2. The fourth-order valence-electron chi connectivity index (χ4n) is 2.38. The summed E-state index contributed by atoms with van der Waals surface area (Å²) in [6.45, 7) is 3.43. The number of hydrogen-bond acceptors (Lipinski definition) is 2. The number of hydrogen-bond donors (Lipinski definition) is 1. The molecule has 0 spiro atoms. The summed E-state index contributed by atoms with van der Waals surface area (Å²) >= 11 is 0. The smallest absolute Gasteiger partial charge is 0.123 e. The molecule has 0 amide bonds. The number of halogens is 1. The molecule has 0 bridgehead atoms. The van der Waals surface area contributed by atoms with Crippen LogP contribution in [-0.2, 0) is 6.42 Å². The molecule has 0 unspecified atom stereocenters. The first-order valence-corrected chi connectivity index (χ1v) is 6.42. The molecule has 1 aliphatic rings. The number of rotatable bonds is 4. The lowest BCUT2D eigenvalue weighted by Crippen LogP contribution is -2.41. The number of likely N-dealkylation sites (tertiary alicyclic amines) is 1. The molecule has 1 heterocycles. The molecule has 94 valence electrons. The number of piperidine rings is 1. The highest BCUT2D eigenvalue weighted by atomic mass is 19.1. The monoisotopic (exact) mass is 236 g/mol. The van der Waals surface area contributed by atoms with Crippen molar-refractivity contribution in [1.29, 1.82) is 0 Å². The van der Waals surface area contributed by atoms with Crippen LogP contribution in [-0.4, -0.2) is 37.6 Å². The van der Waals surface area contributed by atoms with Crippen LogP contribution in [0.3, 0.4) is 0 Å². The molecule has 2 nitrogen and oxygen atoms in total. The lowest BCUT2D eigenvalue weighted by Gasteiger charge is -2.31. The summed E-state index contributed by atoms with van der Waals surface area (Å²) in [7, 11) is 2.04. The Balaban J connectivity index is 1.74. The highest BCUT2D eigenvalue weighted by Crippen LogP contribution is 2.11. The number of nitrogens with one attached hydrogen (secondary N) is 1. The number of nitrogens with zero attached hydrogens (tertiary/aromatic N) is 1. The first-order chi connectivity index (χ1) is 8.28. The molecule has 0 aromatic heterocycles. The van der Waals surface area contributed by atoms with E-state index in [1.54, 1.807) is 12.1 Å². The quantitative estimate of drug-likeness (QED) is 0.860. The largest absolute Gasteiger partial charge is 0.317 e. The third-order valence-corrected chi connectivity index (χ3v) is 3.63. The standard InChI is InChI=1S/C14H21FN2/c1-16-14-7-10-17(11-8-14)9-6-12-2-4-13(15)5-3-12/h2-5,14,16H,6-11H2,1H3. The van der Waals surface area contributed by atoms with Crippen LogP contribution >= 0.6 is 0 Å². The van der Waals surface area contributed by atoms with Gasteiger partial charge in [0.05, 0.1) is 0 Å². The van der Waals surface area contributed by atoms with Crippen molar-refractivity contribution in [2.24, 2.45) is 0 Å². The van der Waals surface area contributed by atoms with E-state index in [0.29, 0.717) is 6.04 Å². The van der Waals surface area contributed by atoms with Gasteiger partial charge in [0.25, 0.3) is 0 Å². The van der Waals surface area contributed by atoms with Gasteiger partial charge in [0.2, 0.25) is 0 Å². The average Bonchev–Trinajstić information content (AvgIpc) is 2.39. The summed E-state index contributed by atoms with van der Waals surface area (Å²) in [5.74, 6) is -0.149. The third kappa shape index (κ3) is 3.79. The van der Waals surface area contributed by atoms with E-state index in [0.717, 1.165) is 13.0 Å². The van der Waals surface area contributed by atoms with Crippen LogP contribution in [0.25, 0.3) is 0 Å². The fraction of sp³-hybridized carbons (Fsp3) is 0.571. The van der Waals surface area contributed by atoms with Crippen LogP contribution in [0.15, 0.2) is 24.3 Å². The van der Waals surface area contributed by atoms with Gasteiger partial charge in [-0.1, -0.05) is 12.1 Å². The topological polar surface area (TPSA) is 15.3 Å². The molecule has 1 aliphatic heterocycles. The maximum atomic E-state index is 12.7. The van der Waals surface area contributed by atoms with E-state index in [1.807, 2.05) is 19.2 Å². The van der Waals surface area contributed by atoms with Gasteiger partial charge >= 0.3 is 0 Å². The minimum atomic E-state index is -0.149. The molecule has 1 aromatic rings. The second kappa shape index (κ2) is 6.12. The zero-order valence-corrected chi connectivity index (χ0v) is 10.5. The Labute approximate surface area is 103 Å². The first kappa shape index (κ1) is 12.5. The van der Waals surface area contributed by atoms with Gasteiger partial charge < -0.3 is 10.2 Å².